The number of rotatable bonds is 6. The Morgan fingerprint density at radius 1 is 1.28 bits per heavy atom. The van der Waals surface area contributed by atoms with Crippen molar-refractivity contribution in [3.05, 3.63) is 29.8 Å². The molecule has 2 heterocycles. The number of nitrogens with one attached hydrogen (secondary N) is 1. The molecular weight excluding hydrogens is 374 g/mol. The van der Waals surface area contributed by atoms with Gasteiger partial charge in [-0.2, -0.15) is 0 Å². The summed E-state index contributed by atoms with van der Waals surface area (Å²) in [5.41, 5.74) is -0.675. The lowest BCUT2D eigenvalue weighted by atomic mass is 9.96. The van der Waals surface area contributed by atoms with E-state index < -0.39 is 24.1 Å². The summed E-state index contributed by atoms with van der Waals surface area (Å²) in [7, 11) is 0. The van der Waals surface area contributed by atoms with Gasteiger partial charge in [-0.3, -0.25) is 19.3 Å². The van der Waals surface area contributed by atoms with Gasteiger partial charge in [0.05, 0.1) is 11.3 Å². The van der Waals surface area contributed by atoms with Gasteiger partial charge >= 0.3 is 5.97 Å². The zero-order chi connectivity index (χ0) is 20.8. The first-order chi connectivity index (χ1) is 13.9. The average molecular weight is 399 g/mol. The Morgan fingerprint density at radius 3 is 2.69 bits per heavy atom. The van der Waals surface area contributed by atoms with E-state index in [1.807, 2.05) is 13.8 Å². The van der Waals surface area contributed by atoms with E-state index in [1.54, 1.807) is 24.3 Å². The van der Waals surface area contributed by atoms with Crippen molar-refractivity contribution < 1.29 is 23.9 Å². The predicted molar refractivity (Wildman–Crippen MR) is 104 cm³/mol. The third-order valence-electron chi connectivity index (χ3n) is 5.89. The van der Waals surface area contributed by atoms with Crippen LogP contribution in [0.1, 0.15) is 56.3 Å². The SMILES string of the molecule is CC[C@@H](C)NC(=O)COC(=O)[C@]12CCC(=O)N1c1ccccc1C(=O)N2C1CC1. The minimum Gasteiger partial charge on any atom is -0.452 e. The Morgan fingerprint density at radius 2 is 2.00 bits per heavy atom. The van der Waals surface area contributed by atoms with Gasteiger partial charge in [0.25, 0.3) is 11.8 Å². The van der Waals surface area contributed by atoms with Crippen LogP contribution in [0.5, 0.6) is 0 Å². The van der Waals surface area contributed by atoms with E-state index in [9.17, 15) is 19.2 Å². The van der Waals surface area contributed by atoms with Gasteiger partial charge in [0.15, 0.2) is 6.61 Å². The first kappa shape index (κ1) is 19.4. The van der Waals surface area contributed by atoms with Crippen molar-refractivity contribution in [1.82, 2.24) is 10.2 Å². The normalized spacial score (nSPS) is 24.1. The van der Waals surface area contributed by atoms with E-state index >= 15 is 0 Å². The molecule has 2 atom stereocenters. The molecule has 2 fully saturated rings. The Kier molecular flexibility index (Phi) is 4.80. The first-order valence-electron chi connectivity index (χ1n) is 10.1. The molecule has 29 heavy (non-hydrogen) atoms. The second-order valence-electron chi connectivity index (χ2n) is 7.92. The van der Waals surface area contributed by atoms with Crippen LogP contribution in [0.15, 0.2) is 24.3 Å². The van der Waals surface area contributed by atoms with E-state index in [2.05, 4.69) is 5.32 Å². The Bertz CT molecular complexity index is 881. The number of para-hydroxylation sites is 1. The number of carbonyl (C=O) groups excluding carboxylic acids is 4. The molecule has 1 saturated heterocycles. The molecule has 2 aliphatic heterocycles. The number of amides is 3. The van der Waals surface area contributed by atoms with Crippen LogP contribution in [0.3, 0.4) is 0 Å². The fraction of sp³-hybridized carbons (Fsp3) is 0.524. The maximum atomic E-state index is 13.3. The number of nitrogens with zero attached hydrogens (tertiary/aromatic N) is 2. The van der Waals surface area contributed by atoms with Crippen molar-refractivity contribution in [2.24, 2.45) is 0 Å². The zero-order valence-electron chi connectivity index (χ0n) is 16.6. The van der Waals surface area contributed by atoms with Crippen molar-refractivity contribution in [3.8, 4) is 0 Å². The monoisotopic (exact) mass is 399 g/mol. The van der Waals surface area contributed by atoms with Gasteiger partial charge in [-0.1, -0.05) is 19.1 Å². The van der Waals surface area contributed by atoms with Crippen LogP contribution >= 0.6 is 0 Å². The Labute approximate surface area is 169 Å². The van der Waals surface area contributed by atoms with E-state index in [-0.39, 0.29) is 36.7 Å². The van der Waals surface area contributed by atoms with Gasteiger partial charge in [0.2, 0.25) is 11.6 Å². The van der Waals surface area contributed by atoms with Crippen molar-refractivity contribution in [3.63, 3.8) is 0 Å². The maximum absolute atomic E-state index is 13.3. The molecule has 1 saturated carbocycles. The first-order valence-corrected chi connectivity index (χ1v) is 10.1. The molecule has 8 heteroatoms. The molecule has 0 unspecified atom stereocenters. The summed E-state index contributed by atoms with van der Waals surface area (Å²) in [5.74, 6) is -1.62. The highest BCUT2D eigenvalue weighted by Gasteiger charge is 2.64. The fourth-order valence-electron chi connectivity index (χ4n) is 4.18. The lowest BCUT2D eigenvalue weighted by Crippen LogP contribution is -2.69. The van der Waals surface area contributed by atoms with Crippen molar-refractivity contribution in [1.29, 1.82) is 0 Å². The van der Waals surface area contributed by atoms with Gasteiger partial charge in [-0.25, -0.2) is 4.79 Å². The second-order valence-corrected chi connectivity index (χ2v) is 7.92. The molecule has 0 aromatic heterocycles. The van der Waals surface area contributed by atoms with E-state index in [1.165, 1.54) is 9.80 Å². The third-order valence-corrected chi connectivity index (χ3v) is 5.89. The molecule has 3 aliphatic rings. The molecule has 8 nitrogen and oxygen atoms in total. The predicted octanol–water partition coefficient (Wildman–Crippen LogP) is 1.59. The lowest BCUT2D eigenvalue weighted by Gasteiger charge is -2.48. The molecule has 3 amide bonds. The molecule has 1 aliphatic carbocycles. The van der Waals surface area contributed by atoms with Crippen LogP contribution in [0.4, 0.5) is 5.69 Å². The van der Waals surface area contributed by atoms with Crippen LogP contribution < -0.4 is 10.2 Å². The Hall–Kier alpha value is -2.90. The third kappa shape index (κ3) is 3.07. The summed E-state index contributed by atoms with van der Waals surface area (Å²) in [5, 5.41) is 2.75. The van der Waals surface area contributed by atoms with Crippen LogP contribution in [-0.4, -0.2) is 52.9 Å². The standard InChI is InChI=1S/C21H25N3O5/c1-3-13(2)22-17(25)12-29-20(28)21-11-10-18(26)24(21)16-7-5-4-6-15(16)19(27)23(21)14-8-9-14/h4-7,13-14H,3,8-12H2,1-2H3,(H,22,25)/t13-,21+/m1/s1. The van der Waals surface area contributed by atoms with E-state index in [0.29, 0.717) is 11.3 Å². The van der Waals surface area contributed by atoms with Crippen molar-refractivity contribution in [2.45, 2.75) is 63.7 Å². The summed E-state index contributed by atoms with van der Waals surface area (Å²) >= 11 is 0. The number of hydrogen-bond acceptors (Lipinski definition) is 5. The van der Waals surface area contributed by atoms with E-state index in [0.717, 1.165) is 19.3 Å². The minimum atomic E-state index is -1.51. The largest absolute Gasteiger partial charge is 0.452 e. The molecule has 0 spiro atoms. The van der Waals surface area contributed by atoms with Crippen molar-refractivity contribution >= 4 is 29.4 Å². The minimum absolute atomic E-state index is 0.0324. The van der Waals surface area contributed by atoms with Gasteiger partial charge < -0.3 is 15.0 Å². The number of fused-ring (bicyclic) bond motifs is 3. The second kappa shape index (κ2) is 7.17. The number of esters is 1. The summed E-state index contributed by atoms with van der Waals surface area (Å²) in [6, 6.07) is 6.69. The van der Waals surface area contributed by atoms with Crippen molar-refractivity contribution in [2.75, 3.05) is 11.5 Å². The molecule has 0 bridgehead atoms. The summed E-state index contributed by atoms with van der Waals surface area (Å²) in [6.07, 6.45) is 2.61. The highest BCUT2D eigenvalue weighted by molar-refractivity contribution is 6.15. The van der Waals surface area contributed by atoms with Gasteiger partial charge in [-0.15, -0.1) is 0 Å². The Balaban J connectivity index is 1.67. The van der Waals surface area contributed by atoms with Gasteiger partial charge in [0.1, 0.15) is 0 Å². The quantitative estimate of drug-likeness (QED) is 0.733. The van der Waals surface area contributed by atoms with Crippen LogP contribution in [0.25, 0.3) is 0 Å². The number of carbonyl (C=O) groups is 4. The highest BCUT2D eigenvalue weighted by atomic mass is 16.5. The summed E-state index contributed by atoms with van der Waals surface area (Å²) < 4.78 is 5.37. The van der Waals surface area contributed by atoms with Crippen LogP contribution in [0, 0.1) is 0 Å². The molecule has 1 aromatic rings. The van der Waals surface area contributed by atoms with Gasteiger partial charge in [0, 0.05) is 24.9 Å². The maximum Gasteiger partial charge on any atom is 0.354 e. The number of anilines is 1. The molecule has 154 valence electrons. The molecule has 4 rings (SSSR count). The molecule has 1 aromatic carbocycles. The smallest absolute Gasteiger partial charge is 0.354 e. The molecule has 0 radical (unpaired) electrons. The van der Waals surface area contributed by atoms with E-state index in [4.69, 9.17) is 4.74 Å². The fourth-order valence-corrected chi connectivity index (χ4v) is 4.18. The van der Waals surface area contributed by atoms with Crippen LogP contribution in [0.2, 0.25) is 0 Å². The summed E-state index contributed by atoms with van der Waals surface area (Å²) in [6.45, 7) is 3.36. The highest BCUT2D eigenvalue weighted by Crippen LogP contribution is 2.49. The number of benzene rings is 1. The van der Waals surface area contributed by atoms with Gasteiger partial charge in [-0.05, 0) is 38.3 Å². The molecule has 1 N–H and O–H groups in total. The number of ether oxygens (including phenoxy) is 1. The average Bonchev–Trinajstić information content (AvgIpc) is 3.48. The lowest BCUT2D eigenvalue weighted by molar-refractivity contribution is -0.160. The zero-order valence-corrected chi connectivity index (χ0v) is 16.6. The topological polar surface area (TPSA) is 96.0 Å². The van der Waals surface area contributed by atoms with Crippen LogP contribution in [-0.2, 0) is 19.1 Å². The molecular formula is C21H25N3O5. The summed E-state index contributed by atoms with van der Waals surface area (Å²) in [4.78, 5) is 54.4. The number of hydrogen-bond donors (Lipinski definition) is 1.